The first-order valence-electron chi connectivity index (χ1n) is 8.66. The van der Waals surface area contributed by atoms with Gasteiger partial charge in [0, 0.05) is 11.3 Å². The number of aryl methyl sites for hydroxylation is 2. The van der Waals surface area contributed by atoms with Gasteiger partial charge in [0.05, 0.1) is 10.6 Å². The molecule has 29 heavy (non-hydrogen) atoms. The highest BCUT2D eigenvalue weighted by Crippen LogP contribution is 2.26. The minimum absolute atomic E-state index is 0.0809. The maximum Gasteiger partial charge on any atom is 0.262 e. The summed E-state index contributed by atoms with van der Waals surface area (Å²) >= 11 is 0. The Morgan fingerprint density at radius 3 is 2.31 bits per heavy atom. The number of phenolic OH excluding ortho intramolecular Hbond substituents is 1. The molecule has 0 radical (unpaired) electrons. The highest BCUT2D eigenvalue weighted by atomic mass is 32.2. The van der Waals surface area contributed by atoms with E-state index in [-0.39, 0.29) is 27.6 Å². The summed E-state index contributed by atoms with van der Waals surface area (Å²) < 4.78 is 40.9. The van der Waals surface area contributed by atoms with Crippen LogP contribution in [0.2, 0.25) is 0 Å². The molecule has 150 valence electrons. The van der Waals surface area contributed by atoms with Crippen LogP contribution in [0, 0.1) is 19.7 Å². The minimum atomic E-state index is -4.00. The fourth-order valence-electron chi connectivity index (χ4n) is 2.70. The van der Waals surface area contributed by atoms with Gasteiger partial charge >= 0.3 is 0 Å². The number of anilines is 2. The predicted octanol–water partition coefficient (Wildman–Crippen LogP) is 4.20. The molecule has 0 unspecified atom stereocenters. The third-order valence-electron chi connectivity index (χ3n) is 4.24. The first-order valence-corrected chi connectivity index (χ1v) is 10.1. The summed E-state index contributed by atoms with van der Waals surface area (Å²) in [7, 11) is -4.00. The van der Waals surface area contributed by atoms with Crippen molar-refractivity contribution in [2.75, 3.05) is 10.0 Å². The molecule has 3 rings (SSSR count). The summed E-state index contributed by atoms with van der Waals surface area (Å²) in [4.78, 5) is 12.5. The number of nitrogens with one attached hydrogen (secondary N) is 2. The quantitative estimate of drug-likeness (QED) is 0.545. The molecule has 0 spiro atoms. The molecular weight excluding hydrogens is 395 g/mol. The Bertz CT molecular complexity index is 1180. The Morgan fingerprint density at radius 2 is 1.66 bits per heavy atom. The number of hydrogen-bond donors (Lipinski definition) is 3. The number of sulfonamides is 1. The molecular formula is C21H19FN2O4S. The SMILES string of the molecule is Cc1ccc(NC(=O)c2ccc(C)c(S(=O)(=O)Nc3ccc(F)cc3)c2)c(O)c1. The van der Waals surface area contributed by atoms with Crippen LogP contribution in [0.25, 0.3) is 0 Å². The van der Waals surface area contributed by atoms with E-state index in [9.17, 15) is 22.7 Å². The molecule has 0 saturated heterocycles. The molecule has 0 fully saturated rings. The van der Waals surface area contributed by atoms with Gasteiger partial charge in [-0.05, 0) is 73.5 Å². The van der Waals surface area contributed by atoms with E-state index in [0.717, 1.165) is 17.7 Å². The third kappa shape index (κ3) is 4.72. The Labute approximate surface area is 168 Å². The second-order valence-corrected chi connectivity index (χ2v) is 8.22. The molecule has 0 aliphatic carbocycles. The van der Waals surface area contributed by atoms with Crippen molar-refractivity contribution in [3.8, 4) is 5.75 Å². The zero-order valence-electron chi connectivity index (χ0n) is 15.7. The maximum absolute atomic E-state index is 13.0. The summed E-state index contributed by atoms with van der Waals surface area (Å²) in [6, 6.07) is 13.9. The fourth-order valence-corrected chi connectivity index (χ4v) is 4.03. The van der Waals surface area contributed by atoms with Crippen molar-refractivity contribution < 1.29 is 22.7 Å². The monoisotopic (exact) mass is 414 g/mol. The summed E-state index contributed by atoms with van der Waals surface area (Å²) in [5.41, 5.74) is 1.79. The Kier molecular flexibility index (Phi) is 5.56. The van der Waals surface area contributed by atoms with E-state index in [4.69, 9.17) is 0 Å². The van der Waals surface area contributed by atoms with Gasteiger partial charge in [-0.2, -0.15) is 0 Å². The van der Waals surface area contributed by atoms with Crippen LogP contribution in [-0.4, -0.2) is 19.4 Å². The van der Waals surface area contributed by atoms with Crippen molar-refractivity contribution in [1.29, 1.82) is 0 Å². The molecule has 3 N–H and O–H groups in total. The lowest BCUT2D eigenvalue weighted by molar-refractivity contribution is 0.102. The lowest BCUT2D eigenvalue weighted by atomic mass is 10.1. The first kappa shape index (κ1) is 20.3. The Hall–Kier alpha value is -3.39. The number of carbonyl (C=O) groups excluding carboxylic acids is 1. The zero-order chi connectivity index (χ0) is 21.2. The van der Waals surface area contributed by atoms with E-state index in [1.165, 1.54) is 36.4 Å². The van der Waals surface area contributed by atoms with Crippen molar-refractivity contribution >= 4 is 27.3 Å². The van der Waals surface area contributed by atoms with Crippen LogP contribution in [0.4, 0.5) is 15.8 Å². The summed E-state index contributed by atoms with van der Waals surface area (Å²) in [6.45, 7) is 3.41. The average molecular weight is 414 g/mol. The van der Waals surface area contributed by atoms with Gasteiger partial charge in [0.25, 0.3) is 15.9 Å². The van der Waals surface area contributed by atoms with Crippen LogP contribution < -0.4 is 10.0 Å². The standard InChI is InChI=1S/C21H19FN2O4S/c1-13-3-10-18(19(25)11-13)23-21(26)15-5-4-14(2)20(12-15)29(27,28)24-17-8-6-16(22)7-9-17/h3-12,24-25H,1-2H3,(H,23,26). The van der Waals surface area contributed by atoms with Gasteiger partial charge in [-0.25, -0.2) is 12.8 Å². The van der Waals surface area contributed by atoms with Gasteiger partial charge in [-0.15, -0.1) is 0 Å². The van der Waals surface area contributed by atoms with E-state index in [0.29, 0.717) is 5.56 Å². The number of hydrogen-bond acceptors (Lipinski definition) is 4. The lowest BCUT2D eigenvalue weighted by Gasteiger charge is -2.13. The van der Waals surface area contributed by atoms with Gasteiger partial charge in [0.1, 0.15) is 11.6 Å². The molecule has 0 aromatic heterocycles. The number of benzene rings is 3. The summed E-state index contributed by atoms with van der Waals surface area (Å²) in [5, 5.41) is 12.5. The fraction of sp³-hybridized carbons (Fsp3) is 0.0952. The summed E-state index contributed by atoms with van der Waals surface area (Å²) in [5.74, 6) is -1.14. The Balaban J connectivity index is 1.88. The van der Waals surface area contributed by atoms with E-state index in [1.807, 2.05) is 0 Å². The zero-order valence-corrected chi connectivity index (χ0v) is 16.5. The number of halogens is 1. The molecule has 0 aliphatic rings. The van der Waals surface area contributed by atoms with Crippen LogP contribution in [-0.2, 0) is 10.0 Å². The smallest absolute Gasteiger partial charge is 0.262 e. The van der Waals surface area contributed by atoms with Crippen LogP contribution in [0.5, 0.6) is 5.75 Å². The topological polar surface area (TPSA) is 95.5 Å². The number of phenols is 1. The molecule has 0 aliphatic heterocycles. The van der Waals surface area contributed by atoms with Gasteiger partial charge in [-0.1, -0.05) is 12.1 Å². The van der Waals surface area contributed by atoms with Crippen molar-refractivity contribution in [3.05, 3.63) is 83.2 Å². The second kappa shape index (κ2) is 7.92. The molecule has 0 saturated carbocycles. The molecule has 6 nitrogen and oxygen atoms in total. The molecule has 0 bridgehead atoms. The van der Waals surface area contributed by atoms with Crippen molar-refractivity contribution in [3.63, 3.8) is 0 Å². The maximum atomic E-state index is 13.0. The average Bonchev–Trinajstić information content (AvgIpc) is 2.66. The van der Waals surface area contributed by atoms with E-state index in [1.54, 1.807) is 26.0 Å². The largest absolute Gasteiger partial charge is 0.506 e. The van der Waals surface area contributed by atoms with Gasteiger partial charge in [0.15, 0.2) is 0 Å². The number of aromatic hydroxyl groups is 1. The highest BCUT2D eigenvalue weighted by molar-refractivity contribution is 7.92. The number of carbonyl (C=O) groups is 1. The third-order valence-corrected chi connectivity index (χ3v) is 5.76. The van der Waals surface area contributed by atoms with Gasteiger partial charge in [-0.3, -0.25) is 9.52 Å². The van der Waals surface area contributed by atoms with Crippen LogP contribution in [0.1, 0.15) is 21.5 Å². The number of amides is 1. The number of rotatable bonds is 5. The van der Waals surface area contributed by atoms with E-state index >= 15 is 0 Å². The van der Waals surface area contributed by atoms with Gasteiger partial charge < -0.3 is 10.4 Å². The van der Waals surface area contributed by atoms with Crippen LogP contribution in [0.3, 0.4) is 0 Å². The normalized spacial score (nSPS) is 11.1. The van der Waals surface area contributed by atoms with Crippen LogP contribution in [0.15, 0.2) is 65.6 Å². The Morgan fingerprint density at radius 1 is 0.966 bits per heavy atom. The molecule has 3 aromatic rings. The van der Waals surface area contributed by atoms with Crippen molar-refractivity contribution in [2.45, 2.75) is 18.7 Å². The second-order valence-electron chi connectivity index (χ2n) is 6.57. The molecule has 0 heterocycles. The van der Waals surface area contributed by atoms with E-state index < -0.39 is 21.7 Å². The molecule has 0 atom stereocenters. The minimum Gasteiger partial charge on any atom is -0.506 e. The van der Waals surface area contributed by atoms with Crippen molar-refractivity contribution in [1.82, 2.24) is 0 Å². The van der Waals surface area contributed by atoms with Crippen molar-refractivity contribution in [2.24, 2.45) is 0 Å². The predicted molar refractivity (Wildman–Crippen MR) is 109 cm³/mol. The molecule has 3 aromatic carbocycles. The first-order chi connectivity index (χ1) is 13.7. The summed E-state index contributed by atoms with van der Waals surface area (Å²) in [6.07, 6.45) is 0. The highest BCUT2D eigenvalue weighted by Gasteiger charge is 2.20. The van der Waals surface area contributed by atoms with E-state index in [2.05, 4.69) is 10.0 Å². The van der Waals surface area contributed by atoms with Gasteiger partial charge in [0.2, 0.25) is 0 Å². The lowest BCUT2D eigenvalue weighted by Crippen LogP contribution is -2.17. The van der Waals surface area contributed by atoms with Crippen LogP contribution >= 0.6 is 0 Å². The molecule has 8 heteroatoms. The molecule has 1 amide bonds.